The summed E-state index contributed by atoms with van der Waals surface area (Å²) in [6.07, 6.45) is 3.98. The zero-order valence-corrected chi connectivity index (χ0v) is 11.7. The molecular formula is C14H26N2O3. The second kappa shape index (κ2) is 7.33. The number of nitrogens with zero attached hydrogens (tertiary/aromatic N) is 2. The molecule has 0 aromatic carbocycles. The first-order valence-corrected chi connectivity index (χ1v) is 7.38. The van der Waals surface area contributed by atoms with Gasteiger partial charge in [0.1, 0.15) is 6.29 Å². The second-order valence-electron chi connectivity index (χ2n) is 5.79. The van der Waals surface area contributed by atoms with Gasteiger partial charge >= 0.3 is 0 Å². The lowest BCUT2D eigenvalue weighted by atomic mass is 9.81. The van der Waals surface area contributed by atoms with Crippen LogP contribution in [-0.4, -0.2) is 80.3 Å². The molecule has 5 heteroatoms. The van der Waals surface area contributed by atoms with E-state index >= 15 is 0 Å². The summed E-state index contributed by atoms with van der Waals surface area (Å²) in [5.41, 5.74) is -0.190. The lowest BCUT2D eigenvalue weighted by molar-refractivity contribution is -0.123. The average molecular weight is 270 g/mol. The quantitative estimate of drug-likeness (QED) is 0.712. The highest BCUT2D eigenvalue weighted by Crippen LogP contribution is 2.29. The molecule has 1 N–H and O–H groups in total. The Morgan fingerprint density at radius 1 is 1.11 bits per heavy atom. The minimum atomic E-state index is -0.190. The summed E-state index contributed by atoms with van der Waals surface area (Å²) in [5.74, 6) is 0. The van der Waals surface area contributed by atoms with Crippen LogP contribution in [0, 0.1) is 5.41 Å². The minimum absolute atomic E-state index is 0.190. The molecule has 0 unspecified atom stereocenters. The highest BCUT2D eigenvalue weighted by Gasteiger charge is 2.34. The number of aliphatic hydroxyl groups is 1. The molecule has 0 saturated carbocycles. The van der Waals surface area contributed by atoms with Gasteiger partial charge in [-0.05, 0) is 32.4 Å². The molecule has 0 bridgehead atoms. The predicted octanol–water partition coefficient (Wildman–Crippen LogP) is -0.0179. The summed E-state index contributed by atoms with van der Waals surface area (Å²) in [7, 11) is 0. The van der Waals surface area contributed by atoms with Crippen LogP contribution in [0.2, 0.25) is 0 Å². The van der Waals surface area contributed by atoms with Crippen molar-refractivity contribution in [3.05, 3.63) is 0 Å². The Labute approximate surface area is 115 Å². The van der Waals surface area contributed by atoms with Gasteiger partial charge in [-0.25, -0.2) is 0 Å². The predicted molar refractivity (Wildman–Crippen MR) is 73.1 cm³/mol. The molecule has 0 aromatic heterocycles. The zero-order valence-electron chi connectivity index (χ0n) is 11.7. The molecule has 0 radical (unpaired) electrons. The van der Waals surface area contributed by atoms with E-state index in [0.29, 0.717) is 13.2 Å². The van der Waals surface area contributed by atoms with Gasteiger partial charge in [0.05, 0.1) is 6.61 Å². The van der Waals surface area contributed by atoms with Crippen LogP contribution >= 0.6 is 0 Å². The third kappa shape index (κ3) is 4.24. The van der Waals surface area contributed by atoms with E-state index in [-0.39, 0.29) is 12.0 Å². The summed E-state index contributed by atoms with van der Waals surface area (Å²) in [4.78, 5) is 16.2. The minimum Gasteiger partial charge on any atom is -0.395 e. The van der Waals surface area contributed by atoms with E-state index in [4.69, 9.17) is 9.84 Å². The van der Waals surface area contributed by atoms with Gasteiger partial charge in [0.2, 0.25) is 0 Å². The number of ether oxygens (including phenoxy) is 1. The third-order valence-corrected chi connectivity index (χ3v) is 4.37. The third-order valence-electron chi connectivity index (χ3n) is 4.37. The largest absolute Gasteiger partial charge is 0.395 e. The number of rotatable bonds is 5. The van der Waals surface area contributed by atoms with E-state index in [1.54, 1.807) is 0 Å². The Bertz CT molecular complexity index is 280. The molecule has 0 aliphatic carbocycles. The molecule has 0 atom stereocenters. The second-order valence-corrected chi connectivity index (χ2v) is 5.79. The van der Waals surface area contributed by atoms with E-state index in [9.17, 15) is 4.79 Å². The molecule has 2 rings (SSSR count). The Morgan fingerprint density at radius 2 is 1.79 bits per heavy atom. The van der Waals surface area contributed by atoms with Gasteiger partial charge in [-0.3, -0.25) is 4.90 Å². The summed E-state index contributed by atoms with van der Waals surface area (Å²) in [5, 5.41) is 9.00. The van der Waals surface area contributed by atoms with Crippen molar-refractivity contribution in [1.82, 2.24) is 9.80 Å². The summed E-state index contributed by atoms with van der Waals surface area (Å²) < 4.78 is 5.38. The molecule has 0 aromatic rings. The number of hydrogen-bond acceptors (Lipinski definition) is 5. The normalized spacial score (nSPS) is 25.9. The van der Waals surface area contributed by atoms with Gasteiger partial charge in [-0.15, -0.1) is 0 Å². The van der Waals surface area contributed by atoms with E-state index in [1.165, 1.54) is 0 Å². The number of aliphatic hydroxyl groups excluding tert-OH is 1. The standard InChI is InChI=1S/C14H26N2O3/c17-9-8-15-4-1-5-16(7-6-15)12-14(13-18)2-10-19-11-3-14/h13,17H,1-12H2. The number of aldehydes is 1. The first-order valence-electron chi connectivity index (χ1n) is 7.38. The fourth-order valence-corrected chi connectivity index (χ4v) is 3.08. The van der Waals surface area contributed by atoms with Crippen molar-refractivity contribution in [3.8, 4) is 0 Å². The van der Waals surface area contributed by atoms with Crippen molar-refractivity contribution < 1.29 is 14.6 Å². The summed E-state index contributed by atoms with van der Waals surface area (Å²) in [6, 6.07) is 0. The van der Waals surface area contributed by atoms with Crippen LogP contribution in [0.15, 0.2) is 0 Å². The first kappa shape index (κ1) is 14.9. The maximum Gasteiger partial charge on any atom is 0.127 e. The number of hydrogen-bond donors (Lipinski definition) is 1. The molecule has 110 valence electrons. The van der Waals surface area contributed by atoms with E-state index in [2.05, 4.69) is 9.80 Å². The summed E-state index contributed by atoms with van der Waals surface area (Å²) >= 11 is 0. The van der Waals surface area contributed by atoms with Crippen molar-refractivity contribution in [2.45, 2.75) is 19.3 Å². The Kier molecular flexibility index (Phi) is 5.76. The fraction of sp³-hybridized carbons (Fsp3) is 0.929. The van der Waals surface area contributed by atoms with E-state index in [1.807, 2.05) is 0 Å². The van der Waals surface area contributed by atoms with Gasteiger partial charge in [-0.2, -0.15) is 0 Å². The molecule has 2 heterocycles. The van der Waals surface area contributed by atoms with Crippen molar-refractivity contribution in [3.63, 3.8) is 0 Å². The van der Waals surface area contributed by atoms with Crippen LogP contribution in [0.1, 0.15) is 19.3 Å². The molecule has 0 amide bonds. The van der Waals surface area contributed by atoms with E-state index < -0.39 is 0 Å². The van der Waals surface area contributed by atoms with Crippen LogP contribution < -0.4 is 0 Å². The molecule has 19 heavy (non-hydrogen) atoms. The van der Waals surface area contributed by atoms with Gasteiger partial charge < -0.3 is 19.5 Å². The molecule has 5 nitrogen and oxygen atoms in total. The van der Waals surface area contributed by atoms with Crippen LogP contribution in [0.25, 0.3) is 0 Å². The van der Waals surface area contributed by atoms with Gasteiger partial charge in [0, 0.05) is 44.8 Å². The highest BCUT2D eigenvalue weighted by molar-refractivity contribution is 5.60. The average Bonchev–Trinajstić information content (AvgIpc) is 2.66. The van der Waals surface area contributed by atoms with Crippen molar-refractivity contribution >= 4 is 6.29 Å². The van der Waals surface area contributed by atoms with Crippen LogP contribution in [-0.2, 0) is 9.53 Å². The van der Waals surface area contributed by atoms with Crippen molar-refractivity contribution in [1.29, 1.82) is 0 Å². The SMILES string of the molecule is O=CC1(CN2CCCN(CCO)CC2)CCOCC1. The van der Waals surface area contributed by atoms with Crippen molar-refractivity contribution in [2.75, 3.05) is 59.1 Å². The Morgan fingerprint density at radius 3 is 2.47 bits per heavy atom. The lowest BCUT2D eigenvalue weighted by Gasteiger charge is -2.36. The molecule has 2 aliphatic rings. The van der Waals surface area contributed by atoms with E-state index in [0.717, 1.165) is 64.8 Å². The van der Waals surface area contributed by atoms with Gasteiger partial charge in [0.25, 0.3) is 0 Å². The van der Waals surface area contributed by atoms with Crippen molar-refractivity contribution in [2.24, 2.45) is 5.41 Å². The van der Waals surface area contributed by atoms with Crippen LogP contribution in [0.5, 0.6) is 0 Å². The summed E-state index contributed by atoms with van der Waals surface area (Å²) in [6.45, 7) is 7.38. The molecule has 2 aliphatic heterocycles. The van der Waals surface area contributed by atoms with Gasteiger partial charge in [-0.1, -0.05) is 0 Å². The van der Waals surface area contributed by atoms with Crippen LogP contribution in [0.3, 0.4) is 0 Å². The number of carbonyl (C=O) groups excluding carboxylic acids is 1. The topological polar surface area (TPSA) is 53.0 Å². The monoisotopic (exact) mass is 270 g/mol. The Balaban J connectivity index is 1.85. The highest BCUT2D eigenvalue weighted by atomic mass is 16.5. The smallest absolute Gasteiger partial charge is 0.127 e. The lowest BCUT2D eigenvalue weighted by Crippen LogP contribution is -2.44. The molecular weight excluding hydrogens is 244 g/mol. The maximum atomic E-state index is 11.5. The van der Waals surface area contributed by atoms with Gasteiger partial charge in [0.15, 0.2) is 0 Å². The van der Waals surface area contributed by atoms with Crippen LogP contribution in [0.4, 0.5) is 0 Å². The molecule has 2 fully saturated rings. The molecule has 2 saturated heterocycles. The maximum absolute atomic E-state index is 11.5. The first-order chi connectivity index (χ1) is 9.28. The number of carbonyl (C=O) groups is 1. The zero-order chi connectivity index (χ0) is 13.6. The molecule has 0 spiro atoms. The number of β-amino-alcohol motifs (C(OH)–C–C–N with tert-alkyl or cyclic N) is 1. The fourth-order valence-electron chi connectivity index (χ4n) is 3.08. The Hall–Kier alpha value is -0.490.